The van der Waals surface area contributed by atoms with Crippen molar-refractivity contribution in [2.24, 2.45) is 0 Å². The first kappa shape index (κ1) is 17.3. The first-order chi connectivity index (χ1) is 12.4. The minimum Gasteiger partial charge on any atom is -0.0622 e. The number of hydrogen-bond acceptors (Lipinski definition) is 0. The van der Waals surface area contributed by atoms with Crippen molar-refractivity contribution in [1.82, 2.24) is 0 Å². The van der Waals surface area contributed by atoms with Crippen LogP contribution in [0.5, 0.6) is 0 Å². The zero-order valence-electron chi connectivity index (χ0n) is 15.4. The van der Waals surface area contributed by atoms with Gasteiger partial charge in [-0.05, 0) is 61.4 Å². The van der Waals surface area contributed by atoms with Crippen LogP contribution in [-0.2, 0) is 0 Å². The molecule has 2 aliphatic carbocycles. The van der Waals surface area contributed by atoms with Crippen LogP contribution in [0.2, 0.25) is 0 Å². The van der Waals surface area contributed by atoms with E-state index in [4.69, 9.17) is 0 Å². The molecule has 2 aliphatic rings. The van der Waals surface area contributed by atoms with E-state index in [1.165, 1.54) is 64.2 Å². The van der Waals surface area contributed by atoms with Gasteiger partial charge in [-0.3, -0.25) is 0 Å². The van der Waals surface area contributed by atoms with Gasteiger partial charge in [-0.15, -0.1) is 0 Å². The molecule has 1 heteroatoms. The molecule has 0 aromatic heterocycles. The van der Waals surface area contributed by atoms with Gasteiger partial charge in [-0.2, -0.15) is 0 Å². The molecule has 0 amide bonds. The Bertz CT molecular complexity index is 651. The van der Waals surface area contributed by atoms with Crippen LogP contribution in [0.1, 0.15) is 75.7 Å². The molecule has 0 aliphatic heterocycles. The van der Waals surface area contributed by atoms with Crippen molar-refractivity contribution in [1.29, 1.82) is 0 Å². The highest BCUT2D eigenvalue weighted by Crippen LogP contribution is 2.48. The van der Waals surface area contributed by atoms with Gasteiger partial charge in [0.1, 0.15) is 0 Å². The van der Waals surface area contributed by atoms with E-state index in [0.717, 1.165) is 11.6 Å². The van der Waals surface area contributed by atoms with E-state index in [1.807, 2.05) is 0 Å². The Kier molecular flexibility index (Phi) is 5.88. The molecule has 0 radical (unpaired) electrons. The third-order valence-corrected chi connectivity index (χ3v) is 9.24. The summed E-state index contributed by atoms with van der Waals surface area (Å²) in [6, 6.07) is 21.0. The molecule has 4 rings (SSSR count). The largest absolute Gasteiger partial charge is 0.0622 e. The Hall–Kier alpha value is -1.13. The molecule has 0 heterocycles. The van der Waals surface area contributed by atoms with E-state index in [1.54, 1.807) is 16.2 Å². The molecule has 2 fully saturated rings. The standard InChI is InChI=1S/C24H31P/c1-4-12-20(13-5-1)23-18-10-11-19-24(23)25(21-14-6-2-7-15-21)22-16-8-3-9-17-22/h2,6-7,10-11,14-15,18-20,22H,1,3-5,8-9,12-13,16-17H2. The highest BCUT2D eigenvalue weighted by molar-refractivity contribution is 7.73. The molecule has 2 aromatic rings. The predicted octanol–water partition coefficient (Wildman–Crippen LogP) is 6.50. The number of hydrogen-bond donors (Lipinski definition) is 0. The van der Waals surface area contributed by atoms with Crippen molar-refractivity contribution in [3.63, 3.8) is 0 Å². The van der Waals surface area contributed by atoms with Gasteiger partial charge in [-0.1, -0.05) is 93.1 Å². The van der Waals surface area contributed by atoms with Crippen LogP contribution in [0.25, 0.3) is 0 Å². The zero-order chi connectivity index (χ0) is 16.9. The summed E-state index contributed by atoms with van der Waals surface area (Å²) in [5, 5.41) is 3.31. The lowest BCUT2D eigenvalue weighted by Crippen LogP contribution is -2.27. The van der Waals surface area contributed by atoms with E-state index in [2.05, 4.69) is 54.6 Å². The molecule has 2 saturated carbocycles. The third-order valence-electron chi connectivity index (χ3n) is 6.22. The minimum atomic E-state index is -0.215. The fourth-order valence-electron chi connectivity index (χ4n) is 4.94. The summed E-state index contributed by atoms with van der Waals surface area (Å²) in [4.78, 5) is 0. The SMILES string of the molecule is c1ccc(P(c2ccccc2C2CCCCC2)C2CCCCC2)cc1. The lowest BCUT2D eigenvalue weighted by Gasteiger charge is -2.34. The molecule has 132 valence electrons. The molecule has 2 aromatic carbocycles. The Morgan fingerprint density at radius 2 is 1.20 bits per heavy atom. The van der Waals surface area contributed by atoms with Crippen molar-refractivity contribution in [3.8, 4) is 0 Å². The quantitative estimate of drug-likeness (QED) is 0.552. The summed E-state index contributed by atoms with van der Waals surface area (Å²) >= 11 is 0. The molecule has 1 unspecified atom stereocenters. The maximum atomic E-state index is 2.48. The van der Waals surface area contributed by atoms with E-state index in [-0.39, 0.29) is 7.92 Å². The summed E-state index contributed by atoms with van der Waals surface area (Å²) in [5.74, 6) is 0.808. The monoisotopic (exact) mass is 350 g/mol. The lowest BCUT2D eigenvalue weighted by molar-refractivity contribution is 0.445. The molecule has 0 nitrogen and oxygen atoms in total. The van der Waals surface area contributed by atoms with Gasteiger partial charge in [0.15, 0.2) is 0 Å². The minimum absolute atomic E-state index is 0.215. The summed E-state index contributed by atoms with van der Waals surface area (Å²) in [5.41, 5.74) is 2.58. The van der Waals surface area contributed by atoms with Gasteiger partial charge in [0.05, 0.1) is 0 Å². The molecule has 0 saturated heterocycles. The summed E-state index contributed by atoms with van der Waals surface area (Å²) in [7, 11) is -0.215. The van der Waals surface area contributed by atoms with Crippen LogP contribution < -0.4 is 10.6 Å². The van der Waals surface area contributed by atoms with Crippen molar-refractivity contribution in [2.45, 2.75) is 75.8 Å². The van der Waals surface area contributed by atoms with Gasteiger partial charge < -0.3 is 0 Å². The van der Waals surface area contributed by atoms with Crippen LogP contribution in [0, 0.1) is 0 Å². The van der Waals surface area contributed by atoms with Crippen LogP contribution in [0.3, 0.4) is 0 Å². The van der Waals surface area contributed by atoms with Crippen LogP contribution >= 0.6 is 7.92 Å². The average molecular weight is 350 g/mol. The zero-order valence-corrected chi connectivity index (χ0v) is 16.3. The topological polar surface area (TPSA) is 0 Å². The van der Waals surface area contributed by atoms with E-state index >= 15 is 0 Å². The first-order valence-corrected chi connectivity index (χ1v) is 11.8. The van der Waals surface area contributed by atoms with Crippen LogP contribution in [0.4, 0.5) is 0 Å². The second kappa shape index (κ2) is 8.50. The van der Waals surface area contributed by atoms with Gasteiger partial charge in [0.2, 0.25) is 0 Å². The normalized spacial score (nSPS) is 21.1. The summed E-state index contributed by atoms with van der Waals surface area (Å²) < 4.78 is 0. The molecule has 25 heavy (non-hydrogen) atoms. The fourth-order valence-corrected chi connectivity index (χ4v) is 8.19. The Morgan fingerprint density at radius 3 is 1.92 bits per heavy atom. The van der Waals surface area contributed by atoms with Gasteiger partial charge in [0.25, 0.3) is 0 Å². The predicted molar refractivity (Wildman–Crippen MR) is 112 cm³/mol. The maximum Gasteiger partial charge on any atom is -0.0129 e. The number of benzene rings is 2. The Morgan fingerprint density at radius 1 is 0.600 bits per heavy atom. The van der Waals surface area contributed by atoms with Crippen molar-refractivity contribution >= 4 is 18.5 Å². The van der Waals surface area contributed by atoms with E-state index in [9.17, 15) is 0 Å². The van der Waals surface area contributed by atoms with E-state index < -0.39 is 0 Å². The average Bonchev–Trinajstić information content (AvgIpc) is 2.71. The molecular weight excluding hydrogens is 319 g/mol. The molecule has 0 N–H and O–H groups in total. The van der Waals surface area contributed by atoms with Crippen LogP contribution in [-0.4, -0.2) is 5.66 Å². The smallest absolute Gasteiger partial charge is 0.0129 e. The van der Waals surface area contributed by atoms with Crippen LogP contribution in [0.15, 0.2) is 54.6 Å². The van der Waals surface area contributed by atoms with E-state index in [0.29, 0.717) is 0 Å². The Balaban J connectivity index is 1.74. The van der Waals surface area contributed by atoms with Gasteiger partial charge in [-0.25, -0.2) is 0 Å². The third kappa shape index (κ3) is 4.01. The molecule has 0 bridgehead atoms. The second-order valence-electron chi connectivity index (χ2n) is 7.89. The molecule has 1 atom stereocenters. The molecular formula is C24H31P. The summed E-state index contributed by atoms with van der Waals surface area (Å²) in [6.45, 7) is 0. The number of rotatable bonds is 4. The van der Waals surface area contributed by atoms with Crippen molar-refractivity contribution in [3.05, 3.63) is 60.2 Å². The van der Waals surface area contributed by atoms with Gasteiger partial charge >= 0.3 is 0 Å². The Labute approximate surface area is 154 Å². The van der Waals surface area contributed by atoms with Crippen molar-refractivity contribution < 1.29 is 0 Å². The van der Waals surface area contributed by atoms with Crippen molar-refractivity contribution in [2.75, 3.05) is 0 Å². The highest BCUT2D eigenvalue weighted by Gasteiger charge is 2.29. The highest BCUT2D eigenvalue weighted by atomic mass is 31.1. The first-order valence-electron chi connectivity index (χ1n) is 10.4. The molecule has 0 spiro atoms. The lowest BCUT2D eigenvalue weighted by atomic mass is 9.84. The maximum absolute atomic E-state index is 2.48. The fraction of sp³-hybridized carbons (Fsp3) is 0.500. The second-order valence-corrected chi connectivity index (χ2v) is 10.4. The van der Waals surface area contributed by atoms with Gasteiger partial charge in [0, 0.05) is 0 Å². The summed E-state index contributed by atoms with van der Waals surface area (Å²) in [6.07, 6.45) is 14.3.